The van der Waals surface area contributed by atoms with Crippen LogP contribution in [0.4, 0.5) is 34.1 Å². The van der Waals surface area contributed by atoms with Gasteiger partial charge < -0.3 is 14.2 Å². The van der Waals surface area contributed by atoms with Gasteiger partial charge in [0.2, 0.25) is 0 Å². The summed E-state index contributed by atoms with van der Waals surface area (Å²) in [6, 6.07) is 52.3. The molecule has 2 aliphatic carbocycles. The minimum absolute atomic E-state index is 0.0548. The molecule has 1 heterocycles. The van der Waals surface area contributed by atoms with Crippen LogP contribution in [0.3, 0.4) is 0 Å². The number of aryl methyl sites for hydroxylation is 3. The normalized spacial score (nSPS) is 16.7. The van der Waals surface area contributed by atoms with Crippen LogP contribution in [0, 0.1) is 20.8 Å². The van der Waals surface area contributed by atoms with Crippen molar-refractivity contribution in [2.24, 2.45) is 0 Å². The molecule has 8 aromatic rings. The van der Waals surface area contributed by atoms with Gasteiger partial charge in [-0.05, 0) is 155 Å². The second kappa shape index (κ2) is 14.0. The van der Waals surface area contributed by atoms with Crippen LogP contribution in [0.25, 0.3) is 21.9 Å². The Bertz CT molecular complexity index is 3080. The van der Waals surface area contributed by atoms with Gasteiger partial charge in [-0.25, -0.2) is 0 Å². The molecule has 0 unspecified atom stereocenters. The summed E-state index contributed by atoms with van der Waals surface area (Å²) in [6.07, 6.45) is 2.34. The third-order valence-electron chi connectivity index (χ3n) is 14.8. The summed E-state index contributed by atoms with van der Waals surface area (Å²) in [6.45, 7) is 26.1. The van der Waals surface area contributed by atoms with E-state index in [9.17, 15) is 0 Å². The van der Waals surface area contributed by atoms with Crippen LogP contribution in [0.1, 0.15) is 118 Å². The summed E-state index contributed by atoms with van der Waals surface area (Å²) in [4.78, 5) is 4.98. The zero-order chi connectivity index (χ0) is 43.5. The van der Waals surface area contributed by atoms with Crippen molar-refractivity contribution in [3.63, 3.8) is 0 Å². The molecule has 0 radical (unpaired) electrons. The van der Waals surface area contributed by atoms with Crippen LogP contribution < -0.4 is 9.80 Å². The molecule has 10 rings (SSSR count). The van der Waals surface area contributed by atoms with Crippen molar-refractivity contribution in [3.05, 3.63) is 190 Å². The van der Waals surface area contributed by atoms with Crippen molar-refractivity contribution in [2.45, 2.75) is 111 Å². The maximum Gasteiger partial charge on any atom is 0.137 e. The predicted octanol–water partition coefficient (Wildman–Crippen LogP) is 16.8. The zero-order valence-electron chi connectivity index (χ0n) is 38.5. The van der Waals surface area contributed by atoms with Crippen LogP contribution in [0.2, 0.25) is 0 Å². The van der Waals surface area contributed by atoms with Gasteiger partial charge >= 0.3 is 0 Å². The van der Waals surface area contributed by atoms with Gasteiger partial charge in [0.05, 0.1) is 0 Å². The Kier molecular flexibility index (Phi) is 9.03. The average molecular weight is 813 g/mol. The number of benzene rings is 7. The first-order chi connectivity index (χ1) is 29.5. The molecular weight excluding hydrogens is 753 g/mol. The highest BCUT2D eigenvalue weighted by atomic mass is 16.3. The van der Waals surface area contributed by atoms with E-state index < -0.39 is 0 Å². The maximum absolute atomic E-state index is 6.50. The minimum atomic E-state index is -0.186. The quantitative estimate of drug-likeness (QED) is 0.167. The van der Waals surface area contributed by atoms with E-state index in [1.165, 1.54) is 67.9 Å². The summed E-state index contributed by atoms with van der Waals surface area (Å²) >= 11 is 0. The Morgan fingerprint density at radius 1 is 0.387 bits per heavy atom. The van der Waals surface area contributed by atoms with Gasteiger partial charge in [-0.1, -0.05) is 128 Å². The summed E-state index contributed by atoms with van der Waals surface area (Å²) in [5, 5.41) is 2.26. The fourth-order valence-electron chi connectivity index (χ4n) is 11.1. The molecular formula is C59H60N2O. The largest absolute Gasteiger partial charge is 0.456 e. The Labute approximate surface area is 369 Å². The molecule has 0 aliphatic heterocycles. The van der Waals surface area contributed by atoms with Gasteiger partial charge in [0.1, 0.15) is 11.2 Å². The molecule has 0 fully saturated rings. The molecule has 0 atom stereocenters. The first kappa shape index (κ1) is 40.0. The van der Waals surface area contributed by atoms with Crippen LogP contribution in [-0.2, 0) is 21.7 Å². The van der Waals surface area contributed by atoms with Crippen molar-refractivity contribution >= 4 is 56.1 Å². The van der Waals surface area contributed by atoms with E-state index in [1.807, 2.05) is 6.07 Å². The van der Waals surface area contributed by atoms with Crippen LogP contribution in [0.5, 0.6) is 0 Å². The van der Waals surface area contributed by atoms with E-state index in [0.29, 0.717) is 0 Å². The molecule has 0 saturated heterocycles. The summed E-state index contributed by atoms with van der Waals surface area (Å²) in [5.41, 5.74) is 20.7. The average Bonchev–Trinajstić information content (AvgIpc) is 3.61. The molecule has 1 aromatic heterocycles. The van der Waals surface area contributed by atoms with Crippen molar-refractivity contribution in [3.8, 4) is 0 Å². The Hall–Kier alpha value is -6.06. The first-order valence-corrected chi connectivity index (χ1v) is 22.6. The third-order valence-corrected chi connectivity index (χ3v) is 14.8. The van der Waals surface area contributed by atoms with Crippen molar-refractivity contribution in [2.75, 3.05) is 9.80 Å². The van der Waals surface area contributed by atoms with Crippen molar-refractivity contribution < 1.29 is 4.42 Å². The molecule has 0 amide bonds. The number of hydrogen-bond acceptors (Lipinski definition) is 3. The molecule has 0 spiro atoms. The molecule has 62 heavy (non-hydrogen) atoms. The number of nitrogens with zero attached hydrogens (tertiary/aromatic N) is 2. The van der Waals surface area contributed by atoms with Gasteiger partial charge in [-0.3, -0.25) is 0 Å². The Morgan fingerprint density at radius 2 is 0.919 bits per heavy atom. The maximum atomic E-state index is 6.50. The predicted molar refractivity (Wildman–Crippen MR) is 263 cm³/mol. The Balaban J connectivity index is 1.22. The molecule has 0 bridgehead atoms. The van der Waals surface area contributed by atoms with Crippen molar-refractivity contribution in [1.29, 1.82) is 0 Å². The minimum Gasteiger partial charge on any atom is -0.456 e. The molecule has 3 heteroatoms. The summed E-state index contributed by atoms with van der Waals surface area (Å²) in [5.74, 6) is 0. The topological polar surface area (TPSA) is 19.6 Å². The van der Waals surface area contributed by atoms with Crippen molar-refractivity contribution in [1.82, 2.24) is 0 Å². The molecule has 2 aliphatic rings. The lowest BCUT2D eigenvalue weighted by molar-refractivity contribution is 0.332. The number of fused-ring (bicyclic) bond motifs is 6. The van der Waals surface area contributed by atoms with E-state index in [2.05, 4.69) is 219 Å². The van der Waals surface area contributed by atoms with Gasteiger partial charge in [-0.2, -0.15) is 0 Å². The lowest BCUT2D eigenvalue weighted by atomic mass is 9.60. The fourth-order valence-corrected chi connectivity index (χ4v) is 11.1. The molecule has 0 N–H and O–H groups in total. The molecule has 312 valence electrons. The van der Waals surface area contributed by atoms with Gasteiger partial charge in [0.25, 0.3) is 0 Å². The van der Waals surface area contributed by atoms with E-state index in [1.54, 1.807) is 0 Å². The lowest BCUT2D eigenvalue weighted by Crippen LogP contribution is -2.36. The monoisotopic (exact) mass is 812 g/mol. The van der Waals surface area contributed by atoms with E-state index >= 15 is 0 Å². The number of para-hydroxylation sites is 2. The zero-order valence-corrected chi connectivity index (χ0v) is 38.5. The number of rotatable bonds is 6. The van der Waals surface area contributed by atoms with Crippen LogP contribution in [-0.4, -0.2) is 0 Å². The molecule has 0 saturated carbocycles. The fraction of sp³-hybridized carbons (Fsp3) is 0.288. The highest BCUT2D eigenvalue weighted by molar-refractivity contribution is 6.06. The van der Waals surface area contributed by atoms with E-state index in [-0.39, 0.29) is 21.7 Å². The summed E-state index contributed by atoms with van der Waals surface area (Å²) < 4.78 is 6.50. The number of anilines is 6. The van der Waals surface area contributed by atoms with Gasteiger partial charge in [0, 0.05) is 61.8 Å². The third kappa shape index (κ3) is 6.22. The smallest absolute Gasteiger partial charge is 0.137 e. The SMILES string of the molecule is Cc1cc(N(c2ccc3c(c2)oc2ccccc23)c2ccccc2C)cc(N(c2ccc3c(c2)C(C)(C)c2ccccc2C3(C)C)c2cc3c(cc2C)C(C)(C)CCC3(C)C)c1. The highest BCUT2D eigenvalue weighted by Gasteiger charge is 2.42. The first-order valence-electron chi connectivity index (χ1n) is 22.6. The van der Waals surface area contributed by atoms with Gasteiger partial charge in [-0.15, -0.1) is 0 Å². The number of hydrogen-bond donors (Lipinski definition) is 0. The molecule has 7 aromatic carbocycles. The second-order valence-electron chi connectivity index (χ2n) is 20.7. The molecule has 3 nitrogen and oxygen atoms in total. The van der Waals surface area contributed by atoms with Crippen LogP contribution >= 0.6 is 0 Å². The van der Waals surface area contributed by atoms with E-state index in [0.717, 1.165) is 51.1 Å². The standard InChI is InChI=1S/C59H60N2O/c1-37-30-42(60(52-22-16-12-18-38(52)2)41-24-26-45-44-19-13-17-23-54(44)62-55(45)35-41)33-43(31-37)61(53-36-50-49(32-39(53)3)56(4,5)28-29-57(50,6)7)40-25-27-48-51(34-40)59(10,11)47-21-15-14-20-46(47)58(48,8)9/h12-27,30-36H,28-29H2,1-11H3. The van der Waals surface area contributed by atoms with Crippen LogP contribution in [0.15, 0.2) is 144 Å². The second-order valence-corrected chi connectivity index (χ2v) is 20.7. The Morgan fingerprint density at radius 3 is 1.61 bits per heavy atom. The van der Waals surface area contributed by atoms with Gasteiger partial charge in [0.15, 0.2) is 0 Å². The summed E-state index contributed by atoms with van der Waals surface area (Å²) in [7, 11) is 0. The lowest BCUT2D eigenvalue weighted by Gasteiger charge is -2.45. The number of furan rings is 1. The highest BCUT2D eigenvalue weighted by Crippen LogP contribution is 2.54. The van der Waals surface area contributed by atoms with E-state index in [4.69, 9.17) is 4.42 Å².